The Balaban J connectivity index is 2.45. The number of carboxylic acid groups (broad SMARTS) is 1. The van der Waals surface area contributed by atoms with Gasteiger partial charge >= 0.3 is 5.97 Å². The van der Waals surface area contributed by atoms with Gasteiger partial charge in [-0.25, -0.2) is 0 Å². The Hall–Kier alpha value is -0.530. The largest absolute Gasteiger partial charge is 0.481 e. The third kappa shape index (κ3) is 1.62. The summed E-state index contributed by atoms with van der Waals surface area (Å²) >= 11 is 0. The number of hydrogen-bond donors (Lipinski definition) is 1. The average Bonchev–Trinajstić information content (AvgIpc) is 1.95. The van der Waals surface area contributed by atoms with Crippen molar-refractivity contribution in [1.82, 2.24) is 0 Å². The van der Waals surface area contributed by atoms with E-state index in [1.165, 1.54) is 0 Å². The average molecular weight is 170 g/mol. The highest BCUT2D eigenvalue weighted by Gasteiger charge is 2.47. The van der Waals surface area contributed by atoms with Gasteiger partial charge in [0.1, 0.15) is 0 Å². The third-order valence-electron chi connectivity index (χ3n) is 2.94. The SMILES string of the molecule is CCCCC1(C(=O)O)CC(C)C1. The van der Waals surface area contributed by atoms with E-state index in [2.05, 4.69) is 13.8 Å². The van der Waals surface area contributed by atoms with Gasteiger partial charge < -0.3 is 5.11 Å². The third-order valence-corrected chi connectivity index (χ3v) is 2.94. The molecule has 1 rings (SSSR count). The van der Waals surface area contributed by atoms with Crippen molar-refractivity contribution in [2.45, 2.75) is 46.0 Å². The fourth-order valence-corrected chi connectivity index (χ4v) is 2.28. The summed E-state index contributed by atoms with van der Waals surface area (Å²) in [6.45, 7) is 4.24. The van der Waals surface area contributed by atoms with Gasteiger partial charge in [0.25, 0.3) is 0 Å². The van der Waals surface area contributed by atoms with E-state index in [0.717, 1.165) is 32.1 Å². The highest BCUT2D eigenvalue weighted by molar-refractivity contribution is 5.75. The molecule has 70 valence electrons. The van der Waals surface area contributed by atoms with Crippen LogP contribution in [-0.2, 0) is 4.79 Å². The molecule has 1 saturated carbocycles. The Bertz CT molecular complexity index is 169. The smallest absolute Gasteiger partial charge is 0.309 e. The van der Waals surface area contributed by atoms with Gasteiger partial charge in [-0.1, -0.05) is 26.7 Å². The number of hydrogen-bond acceptors (Lipinski definition) is 1. The Labute approximate surface area is 74.0 Å². The van der Waals surface area contributed by atoms with E-state index in [9.17, 15) is 4.79 Å². The van der Waals surface area contributed by atoms with Gasteiger partial charge in [-0.3, -0.25) is 4.79 Å². The first-order valence-corrected chi connectivity index (χ1v) is 4.84. The second kappa shape index (κ2) is 3.46. The molecule has 0 heterocycles. The molecular formula is C10H18O2. The van der Waals surface area contributed by atoms with E-state index in [0.29, 0.717) is 5.92 Å². The zero-order valence-corrected chi connectivity index (χ0v) is 7.97. The Morgan fingerprint density at radius 3 is 2.50 bits per heavy atom. The minimum atomic E-state index is -0.575. The normalized spacial score (nSPS) is 34.3. The maximum Gasteiger partial charge on any atom is 0.309 e. The molecule has 0 spiro atoms. The maximum absolute atomic E-state index is 11.0. The summed E-state index contributed by atoms with van der Waals surface area (Å²) in [6.07, 6.45) is 4.82. The zero-order valence-electron chi connectivity index (χ0n) is 7.97. The minimum Gasteiger partial charge on any atom is -0.481 e. The van der Waals surface area contributed by atoms with E-state index in [1.807, 2.05) is 0 Å². The molecule has 0 aromatic heterocycles. The fraction of sp³-hybridized carbons (Fsp3) is 0.900. The second-order valence-corrected chi connectivity index (χ2v) is 4.20. The van der Waals surface area contributed by atoms with E-state index >= 15 is 0 Å². The summed E-state index contributed by atoms with van der Waals surface area (Å²) in [4.78, 5) is 11.0. The highest BCUT2D eigenvalue weighted by atomic mass is 16.4. The van der Waals surface area contributed by atoms with Crippen molar-refractivity contribution in [3.05, 3.63) is 0 Å². The molecule has 1 aliphatic carbocycles. The van der Waals surface area contributed by atoms with Crippen molar-refractivity contribution in [3.63, 3.8) is 0 Å². The van der Waals surface area contributed by atoms with Crippen LogP contribution in [0.4, 0.5) is 0 Å². The molecular weight excluding hydrogens is 152 g/mol. The minimum absolute atomic E-state index is 0.338. The lowest BCUT2D eigenvalue weighted by Gasteiger charge is -2.43. The molecule has 2 nitrogen and oxygen atoms in total. The number of aliphatic carboxylic acids is 1. The van der Waals surface area contributed by atoms with Gasteiger partial charge in [0.05, 0.1) is 5.41 Å². The van der Waals surface area contributed by atoms with Crippen LogP contribution in [0.3, 0.4) is 0 Å². The van der Waals surface area contributed by atoms with Crippen LogP contribution in [0, 0.1) is 11.3 Å². The Kier molecular flexibility index (Phi) is 2.76. The van der Waals surface area contributed by atoms with Crippen LogP contribution in [0.1, 0.15) is 46.0 Å². The standard InChI is InChI=1S/C10H18O2/c1-3-4-5-10(9(11)12)6-8(2)7-10/h8H,3-7H2,1-2H3,(H,11,12). The predicted molar refractivity (Wildman–Crippen MR) is 48.0 cm³/mol. The fourth-order valence-electron chi connectivity index (χ4n) is 2.28. The molecule has 0 amide bonds. The maximum atomic E-state index is 11.0. The molecule has 12 heavy (non-hydrogen) atoms. The van der Waals surface area contributed by atoms with Crippen LogP contribution in [0.15, 0.2) is 0 Å². The van der Waals surface area contributed by atoms with Gasteiger partial charge in [0, 0.05) is 0 Å². The highest BCUT2D eigenvalue weighted by Crippen LogP contribution is 2.49. The quantitative estimate of drug-likeness (QED) is 0.704. The van der Waals surface area contributed by atoms with Crippen molar-refractivity contribution in [2.75, 3.05) is 0 Å². The molecule has 1 aliphatic rings. The summed E-state index contributed by atoms with van der Waals surface area (Å²) in [6, 6.07) is 0. The summed E-state index contributed by atoms with van der Waals surface area (Å²) in [5, 5.41) is 9.03. The lowest BCUT2D eigenvalue weighted by molar-refractivity contribution is -0.158. The number of carboxylic acids is 1. The van der Waals surface area contributed by atoms with E-state index < -0.39 is 5.97 Å². The molecule has 0 aliphatic heterocycles. The molecule has 2 heteroatoms. The number of rotatable bonds is 4. The van der Waals surface area contributed by atoms with Crippen molar-refractivity contribution in [2.24, 2.45) is 11.3 Å². The van der Waals surface area contributed by atoms with E-state index in [4.69, 9.17) is 5.11 Å². The van der Waals surface area contributed by atoms with E-state index in [-0.39, 0.29) is 5.41 Å². The van der Waals surface area contributed by atoms with Crippen LogP contribution in [0.2, 0.25) is 0 Å². The number of unbranched alkanes of at least 4 members (excludes halogenated alkanes) is 1. The van der Waals surface area contributed by atoms with Crippen LogP contribution < -0.4 is 0 Å². The molecule has 0 bridgehead atoms. The molecule has 0 aromatic rings. The van der Waals surface area contributed by atoms with Crippen LogP contribution in [0.25, 0.3) is 0 Å². The molecule has 0 unspecified atom stereocenters. The van der Waals surface area contributed by atoms with Gasteiger partial charge in [-0.2, -0.15) is 0 Å². The Morgan fingerprint density at radius 1 is 1.58 bits per heavy atom. The predicted octanol–water partition coefficient (Wildman–Crippen LogP) is 2.68. The van der Waals surface area contributed by atoms with Crippen molar-refractivity contribution >= 4 is 5.97 Å². The van der Waals surface area contributed by atoms with Crippen LogP contribution in [-0.4, -0.2) is 11.1 Å². The molecule has 0 saturated heterocycles. The first kappa shape index (κ1) is 9.56. The van der Waals surface area contributed by atoms with Crippen molar-refractivity contribution in [1.29, 1.82) is 0 Å². The first-order chi connectivity index (χ1) is 5.60. The summed E-state index contributed by atoms with van der Waals surface area (Å²) in [5.74, 6) is 0.0482. The summed E-state index contributed by atoms with van der Waals surface area (Å²) in [7, 11) is 0. The Morgan fingerprint density at radius 2 is 2.17 bits per heavy atom. The summed E-state index contributed by atoms with van der Waals surface area (Å²) < 4.78 is 0. The monoisotopic (exact) mass is 170 g/mol. The van der Waals surface area contributed by atoms with Crippen LogP contribution in [0.5, 0.6) is 0 Å². The molecule has 0 radical (unpaired) electrons. The van der Waals surface area contributed by atoms with Gasteiger partial charge in [0.2, 0.25) is 0 Å². The first-order valence-electron chi connectivity index (χ1n) is 4.84. The summed E-state index contributed by atoms with van der Waals surface area (Å²) in [5.41, 5.74) is -0.338. The lowest BCUT2D eigenvalue weighted by Crippen LogP contribution is -2.42. The molecule has 0 aromatic carbocycles. The van der Waals surface area contributed by atoms with Crippen molar-refractivity contribution < 1.29 is 9.90 Å². The van der Waals surface area contributed by atoms with Gasteiger partial charge in [-0.05, 0) is 25.2 Å². The topological polar surface area (TPSA) is 37.3 Å². The van der Waals surface area contributed by atoms with Gasteiger partial charge in [0.15, 0.2) is 0 Å². The second-order valence-electron chi connectivity index (χ2n) is 4.20. The van der Waals surface area contributed by atoms with Gasteiger partial charge in [-0.15, -0.1) is 0 Å². The van der Waals surface area contributed by atoms with Crippen LogP contribution >= 0.6 is 0 Å². The number of carbonyl (C=O) groups is 1. The molecule has 1 N–H and O–H groups in total. The molecule has 1 fully saturated rings. The zero-order chi connectivity index (χ0) is 9.19. The lowest BCUT2D eigenvalue weighted by atomic mass is 9.60. The molecule has 0 atom stereocenters. The van der Waals surface area contributed by atoms with E-state index in [1.54, 1.807) is 0 Å². The van der Waals surface area contributed by atoms with Crippen molar-refractivity contribution in [3.8, 4) is 0 Å².